The molecule has 0 saturated heterocycles. The number of fused-ring (bicyclic) bond motifs is 3. The van der Waals surface area contributed by atoms with E-state index in [9.17, 15) is 15.0 Å². The van der Waals surface area contributed by atoms with Crippen LogP contribution in [0, 0.1) is 0 Å². The smallest absolute Gasteiger partial charge is 0.344 e. The first-order valence-electron chi connectivity index (χ1n) is 9.26. The number of hydrogen-bond donors (Lipinski definition) is 2. The zero-order valence-electron chi connectivity index (χ0n) is 15.6. The molecular weight excluding hydrogens is 328 g/mol. The lowest BCUT2D eigenvalue weighted by molar-refractivity contribution is 0.437. The summed E-state index contributed by atoms with van der Waals surface area (Å²) in [5.41, 5.74) is 0.697. The van der Waals surface area contributed by atoms with Gasteiger partial charge in [0.15, 0.2) is 0 Å². The number of hydrogen-bond acceptors (Lipinski definition) is 4. The number of rotatable bonds is 6. The van der Waals surface area contributed by atoms with Crippen LogP contribution in [0.1, 0.15) is 58.4 Å². The van der Waals surface area contributed by atoms with Crippen LogP contribution in [0.5, 0.6) is 11.5 Å². The van der Waals surface area contributed by atoms with E-state index in [1.54, 1.807) is 6.07 Å². The van der Waals surface area contributed by atoms with Gasteiger partial charge in [-0.05, 0) is 47.7 Å². The molecule has 0 saturated carbocycles. The van der Waals surface area contributed by atoms with Crippen LogP contribution in [0.3, 0.4) is 0 Å². The molecule has 0 aliphatic heterocycles. The highest BCUT2D eigenvalue weighted by Crippen LogP contribution is 2.38. The topological polar surface area (TPSA) is 70.7 Å². The molecule has 0 aliphatic carbocycles. The molecule has 138 valence electrons. The maximum Gasteiger partial charge on any atom is 0.344 e. The predicted octanol–water partition coefficient (Wildman–Crippen LogP) is 5.61. The van der Waals surface area contributed by atoms with Gasteiger partial charge in [0.2, 0.25) is 0 Å². The van der Waals surface area contributed by atoms with Crippen LogP contribution in [0.15, 0.2) is 39.5 Å². The second-order valence-corrected chi connectivity index (χ2v) is 7.68. The van der Waals surface area contributed by atoms with Crippen molar-refractivity contribution in [2.45, 2.75) is 58.3 Å². The third-order valence-electron chi connectivity index (χ3n) is 5.21. The number of aromatic hydroxyl groups is 2. The normalized spacial score (nSPS) is 12.1. The first-order valence-corrected chi connectivity index (χ1v) is 9.26. The monoisotopic (exact) mass is 354 g/mol. The van der Waals surface area contributed by atoms with Gasteiger partial charge in [-0.25, -0.2) is 4.79 Å². The van der Waals surface area contributed by atoms with Gasteiger partial charge in [0.05, 0.1) is 10.8 Å². The van der Waals surface area contributed by atoms with Crippen LogP contribution in [-0.4, -0.2) is 10.2 Å². The van der Waals surface area contributed by atoms with Crippen molar-refractivity contribution in [3.63, 3.8) is 0 Å². The first-order chi connectivity index (χ1) is 12.3. The molecule has 4 heteroatoms. The van der Waals surface area contributed by atoms with E-state index in [2.05, 4.69) is 20.8 Å². The van der Waals surface area contributed by atoms with Gasteiger partial charge in [0.1, 0.15) is 17.1 Å². The molecule has 0 spiro atoms. The summed E-state index contributed by atoms with van der Waals surface area (Å²) in [5, 5.41) is 21.7. The molecule has 1 aromatic heterocycles. The average Bonchev–Trinajstić information content (AvgIpc) is 2.58. The van der Waals surface area contributed by atoms with E-state index >= 15 is 0 Å². The lowest BCUT2D eigenvalue weighted by Crippen LogP contribution is -2.17. The van der Waals surface area contributed by atoms with E-state index in [0.717, 1.165) is 18.4 Å². The van der Waals surface area contributed by atoms with Crippen molar-refractivity contribution in [1.29, 1.82) is 0 Å². The highest BCUT2D eigenvalue weighted by Gasteiger charge is 2.23. The molecule has 3 rings (SSSR count). The maximum atomic E-state index is 12.3. The van der Waals surface area contributed by atoms with Gasteiger partial charge >= 0.3 is 5.63 Å². The van der Waals surface area contributed by atoms with Crippen LogP contribution in [0.4, 0.5) is 0 Å². The average molecular weight is 354 g/mol. The van der Waals surface area contributed by atoms with Crippen LogP contribution in [0.25, 0.3) is 21.7 Å². The van der Waals surface area contributed by atoms with Crippen LogP contribution >= 0.6 is 0 Å². The molecule has 0 amide bonds. The van der Waals surface area contributed by atoms with E-state index < -0.39 is 5.63 Å². The minimum Gasteiger partial charge on any atom is -0.508 e. The summed E-state index contributed by atoms with van der Waals surface area (Å²) >= 11 is 0. The molecule has 0 atom stereocenters. The van der Waals surface area contributed by atoms with Gasteiger partial charge in [-0.15, -0.1) is 0 Å². The zero-order valence-corrected chi connectivity index (χ0v) is 15.6. The van der Waals surface area contributed by atoms with Crippen LogP contribution in [-0.2, 0) is 5.41 Å². The number of benzene rings is 2. The van der Waals surface area contributed by atoms with E-state index in [4.69, 9.17) is 4.42 Å². The van der Waals surface area contributed by atoms with Gasteiger partial charge in [0, 0.05) is 5.39 Å². The molecule has 1 heterocycles. The molecule has 26 heavy (non-hydrogen) atoms. The molecule has 3 aromatic rings. The summed E-state index contributed by atoms with van der Waals surface area (Å²) in [6.07, 6.45) is 5.73. The van der Waals surface area contributed by atoms with Gasteiger partial charge in [-0.2, -0.15) is 0 Å². The molecule has 0 unspecified atom stereocenters. The lowest BCUT2D eigenvalue weighted by Gasteiger charge is -2.26. The third kappa shape index (κ3) is 3.41. The van der Waals surface area contributed by atoms with E-state index in [-0.39, 0.29) is 16.9 Å². The molecule has 0 fully saturated rings. The summed E-state index contributed by atoms with van der Waals surface area (Å²) in [6.45, 7) is 6.48. The van der Waals surface area contributed by atoms with Crippen molar-refractivity contribution in [2.75, 3.05) is 0 Å². The number of phenolic OH excluding ortho intramolecular Hbond substituents is 2. The second kappa shape index (κ2) is 7.02. The fraction of sp³-hybridized carbons (Fsp3) is 0.409. The molecule has 0 radical (unpaired) electrons. The van der Waals surface area contributed by atoms with Gasteiger partial charge in [-0.3, -0.25) is 0 Å². The number of phenols is 2. The largest absolute Gasteiger partial charge is 0.508 e. The Bertz CT molecular complexity index is 998. The van der Waals surface area contributed by atoms with E-state index in [1.807, 2.05) is 6.07 Å². The second-order valence-electron chi connectivity index (χ2n) is 7.68. The summed E-state index contributed by atoms with van der Waals surface area (Å²) < 4.78 is 5.48. The van der Waals surface area contributed by atoms with Crippen LogP contribution < -0.4 is 5.63 Å². The minimum atomic E-state index is -0.468. The van der Waals surface area contributed by atoms with Crippen molar-refractivity contribution in [2.24, 2.45) is 0 Å². The Labute approximate surface area is 153 Å². The first kappa shape index (κ1) is 18.3. The van der Waals surface area contributed by atoms with Crippen molar-refractivity contribution in [1.82, 2.24) is 0 Å². The Hall–Kier alpha value is -2.49. The number of unbranched alkanes of at least 4 members (excludes halogenated alkanes) is 3. The van der Waals surface area contributed by atoms with Gasteiger partial charge in [-0.1, -0.05) is 46.5 Å². The van der Waals surface area contributed by atoms with Crippen molar-refractivity contribution in [3.8, 4) is 11.5 Å². The van der Waals surface area contributed by atoms with Gasteiger partial charge < -0.3 is 14.6 Å². The van der Waals surface area contributed by atoms with Crippen LogP contribution in [0.2, 0.25) is 0 Å². The molecule has 2 aromatic carbocycles. The molecule has 2 N–H and O–H groups in total. The fourth-order valence-corrected chi connectivity index (χ4v) is 3.55. The Morgan fingerprint density at radius 2 is 1.77 bits per heavy atom. The molecular formula is C22H26O4. The summed E-state index contributed by atoms with van der Waals surface area (Å²) in [7, 11) is 0. The standard InChI is InChI=1S/C22H26O4/c1-4-5-6-7-10-22(2,3)14-11-18(24)20-17-13-15(23)8-9-16(17)21(25)26-19(20)12-14/h8-9,11-13,23-24H,4-7,10H2,1-3H3. The van der Waals surface area contributed by atoms with Crippen molar-refractivity contribution < 1.29 is 14.6 Å². The summed E-state index contributed by atoms with van der Waals surface area (Å²) in [5.74, 6) is 0.114. The van der Waals surface area contributed by atoms with Crippen molar-refractivity contribution in [3.05, 3.63) is 46.3 Å². The summed E-state index contributed by atoms with van der Waals surface area (Å²) in [6, 6.07) is 8.05. The van der Waals surface area contributed by atoms with E-state index in [1.165, 1.54) is 37.5 Å². The SMILES string of the molecule is CCCCCCC(C)(C)c1cc(O)c2c(c1)oc(=O)c1ccc(O)cc12. The Kier molecular flexibility index (Phi) is 4.94. The lowest BCUT2D eigenvalue weighted by atomic mass is 9.79. The fourth-order valence-electron chi connectivity index (χ4n) is 3.55. The summed E-state index contributed by atoms with van der Waals surface area (Å²) in [4.78, 5) is 12.3. The van der Waals surface area contributed by atoms with E-state index in [0.29, 0.717) is 21.7 Å². The Balaban J connectivity index is 2.11. The zero-order chi connectivity index (χ0) is 18.9. The molecule has 0 aliphatic rings. The highest BCUT2D eigenvalue weighted by atomic mass is 16.4. The van der Waals surface area contributed by atoms with Crippen molar-refractivity contribution >= 4 is 21.7 Å². The highest BCUT2D eigenvalue weighted by molar-refractivity contribution is 6.08. The quantitative estimate of drug-likeness (QED) is 0.343. The Morgan fingerprint density at radius 3 is 2.50 bits per heavy atom. The predicted molar refractivity (Wildman–Crippen MR) is 105 cm³/mol. The third-order valence-corrected chi connectivity index (χ3v) is 5.21. The minimum absolute atomic E-state index is 0.0455. The van der Waals surface area contributed by atoms with Gasteiger partial charge in [0.25, 0.3) is 0 Å². The Morgan fingerprint density at radius 1 is 1.00 bits per heavy atom. The molecule has 0 bridgehead atoms. The molecule has 4 nitrogen and oxygen atoms in total. The maximum absolute atomic E-state index is 12.3.